The Balaban J connectivity index is 3.58. The van der Waals surface area contributed by atoms with Gasteiger partial charge in [-0.1, -0.05) is 0 Å². The maximum Gasteiger partial charge on any atom is 0.332 e. The number of benzene rings is 1. The molecule has 0 aliphatic rings. The fourth-order valence-corrected chi connectivity index (χ4v) is 2.32. The average Bonchev–Trinajstić information content (AvgIpc) is 2.14. The zero-order valence-electron chi connectivity index (χ0n) is 8.05. The molecule has 0 radical (unpaired) electrons. The Kier molecular flexibility index (Phi) is 3.22. The van der Waals surface area contributed by atoms with E-state index < -0.39 is 30.0 Å². The van der Waals surface area contributed by atoms with Gasteiger partial charge >= 0.3 is 10.2 Å². The first kappa shape index (κ1) is 12.9. The van der Waals surface area contributed by atoms with Crippen LogP contribution in [-0.4, -0.2) is 23.9 Å². The van der Waals surface area contributed by atoms with E-state index in [0.717, 1.165) is 12.1 Å². The quantitative estimate of drug-likeness (QED) is 0.778. The van der Waals surface area contributed by atoms with Crippen molar-refractivity contribution < 1.29 is 25.5 Å². The van der Waals surface area contributed by atoms with Gasteiger partial charge < -0.3 is 4.74 Å². The van der Waals surface area contributed by atoms with Gasteiger partial charge in [0.15, 0.2) is 0 Å². The molecule has 0 saturated carbocycles. The maximum absolute atomic E-state index is 12.6. The van der Waals surface area contributed by atoms with Gasteiger partial charge in [0.25, 0.3) is 0 Å². The lowest BCUT2D eigenvalue weighted by atomic mass is 10.3. The van der Waals surface area contributed by atoms with Crippen molar-refractivity contribution in [3.63, 3.8) is 0 Å². The van der Waals surface area contributed by atoms with Crippen LogP contribution in [0.2, 0.25) is 0 Å². The number of methoxy groups -OCH3 is 1. The predicted octanol–water partition coefficient (Wildman–Crippen LogP) is 0.000800. The summed E-state index contributed by atoms with van der Waals surface area (Å²) < 4.78 is 60.6. The molecule has 2 N–H and O–H groups in total. The number of hydrogen-bond acceptors (Lipinski definition) is 5. The van der Waals surface area contributed by atoms with Gasteiger partial charge in [-0.2, -0.15) is 8.42 Å². The van der Waals surface area contributed by atoms with Crippen LogP contribution in [0.25, 0.3) is 0 Å². The Morgan fingerprint density at radius 2 is 1.81 bits per heavy atom. The Morgan fingerprint density at radius 1 is 1.25 bits per heavy atom. The van der Waals surface area contributed by atoms with Crippen LogP contribution in [0.5, 0.6) is 5.75 Å². The number of hydrogen-bond donors (Lipinski definition) is 1. The second-order valence-corrected chi connectivity index (χ2v) is 5.67. The summed E-state index contributed by atoms with van der Waals surface area (Å²) in [7, 11) is -8.00. The van der Waals surface area contributed by atoms with Crippen LogP contribution in [0, 0.1) is 0 Å². The number of primary sulfonamides is 1. The van der Waals surface area contributed by atoms with Crippen LogP contribution < -0.4 is 9.88 Å². The van der Waals surface area contributed by atoms with E-state index in [4.69, 9.17) is 5.14 Å². The van der Waals surface area contributed by atoms with E-state index in [1.54, 1.807) is 0 Å². The predicted molar refractivity (Wildman–Crippen MR) is 52.7 cm³/mol. The summed E-state index contributed by atoms with van der Waals surface area (Å²) in [6.07, 6.45) is 0. The number of sulfonamides is 1. The SMILES string of the molecule is COc1ccc(S(=O)(=O)F)cc1S(N)(=O)=O. The van der Waals surface area contributed by atoms with Gasteiger partial charge in [-0.05, 0) is 18.2 Å². The molecule has 0 heterocycles. The summed E-state index contributed by atoms with van der Waals surface area (Å²) in [5.74, 6) is -0.157. The van der Waals surface area contributed by atoms with Crippen molar-refractivity contribution in [2.75, 3.05) is 7.11 Å². The van der Waals surface area contributed by atoms with E-state index in [2.05, 4.69) is 4.74 Å². The minimum absolute atomic E-state index is 0.157. The van der Waals surface area contributed by atoms with E-state index in [1.807, 2.05) is 0 Å². The van der Waals surface area contributed by atoms with Crippen LogP contribution in [0.3, 0.4) is 0 Å². The minimum Gasteiger partial charge on any atom is -0.495 e. The fraction of sp³-hybridized carbons (Fsp3) is 0.143. The molecule has 0 aromatic heterocycles. The highest BCUT2D eigenvalue weighted by Crippen LogP contribution is 2.26. The van der Waals surface area contributed by atoms with Crippen molar-refractivity contribution in [3.8, 4) is 5.75 Å². The minimum atomic E-state index is -4.99. The van der Waals surface area contributed by atoms with E-state index >= 15 is 0 Å². The van der Waals surface area contributed by atoms with Crippen LogP contribution in [-0.2, 0) is 20.2 Å². The van der Waals surface area contributed by atoms with E-state index in [9.17, 15) is 20.7 Å². The summed E-state index contributed by atoms with van der Waals surface area (Å²) in [4.78, 5) is -1.38. The number of rotatable bonds is 3. The molecule has 16 heavy (non-hydrogen) atoms. The Hall–Kier alpha value is -1.19. The summed E-state index contributed by atoms with van der Waals surface area (Å²) >= 11 is 0. The van der Waals surface area contributed by atoms with Crippen molar-refractivity contribution >= 4 is 20.2 Å². The molecule has 0 amide bonds. The van der Waals surface area contributed by atoms with E-state index in [0.29, 0.717) is 6.07 Å². The van der Waals surface area contributed by atoms with Crippen LogP contribution in [0.15, 0.2) is 28.0 Å². The molecule has 0 aliphatic heterocycles. The molecule has 0 unspecified atom stereocenters. The van der Waals surface area contributed by atoms with Crippen LogP contribution in [0.4, 0.5) is 3.89 Å². The molecule has 0 saturated heterocycles. The Morgan fingerprint density at radius 3 is 2.19 bits per heavy atom. The molecule has 1 rings (SSSR count). The molecular formula is C7H8FNO5S2. The topological polar surface area (TPSA) is 104 Å². The number of halogens is 1. The Labute approximate surface area is 92.1 Å². The molecule has 6 nitrogen and oxygen atoms in total. The second-order valence-electron chi connectivity index (χ2n) is 2.80. The number of nitrogens with two attached hydrogens (primary N) is 1. The zero-order chi connectivity index (χ0) is 12.6. The first-order valence-corrected chi connectivity index (χ1v) is 6.75. The molecule has 1 aromatic carbocycles. The molecule has 90 valence electrons. The summed E-state index contributed by atoms with van der Waals surface area (Å²) in [5, 5.41) is 4.82. The van der Waals surface area contributed by atoms with Gasteiger partial charge in [0.2, 0.25) is 10.0 Å². The van der Waals surface area contributed by atoms with Gasteiger partial charge in [0.1, 0.15) is 15.5 Å². The highest BCUT2D eigenvalue weighted by molar-refractivity contribution is 7.89. The molecule has 1 aromatic rings. The second kappa shape index (κ2) is 4.00. The van der Waals surface area contributed by atoms with Gasteiger partial charge in [0.05, 0.1) is 7.11 Å². The van der Waals surface area contributed by atoms with Crippen molar-refractivity contribution in [3.05, 3.63) is 18.2 Å². The summed E-state index contributed by atoms with van der Waals surface area (Å²) in [5.41, 5.74) is 0. The molecule has 0 bridgehead atoms. The van der Waals surface area contributed by atoms with Gasteiger partial charge in [-0.25, -0.2) is 13.6 Å². The maximum atomic E-state index is 12.6. The fourth-order valence-electron chi connectivity index (χ4n) is 1.03. The smallest absolute Gasteiger partial charge is 0.332 e. The molecule has 9 heteroatoms. The summed E-state index contributed by atoms with van der Waals surface area (Å²) in [6, 6.07) is 2.48. The van der Waals surface area contributed by atoms with Gasteiger partial charge in [-0.3, -0.25) is 0 Å². The monoisotopic (exact) mass is 269 g/mol. The average molecular weight is 269 g/mol. The lowest BCUT2D eigenvalue weighted by Crippen LogP contribution is -2.14. The van der Waals surface area contributed by atoms with E-state index in [1.165, 1.54) is 7.11 Å². The highest BCUT2D eigenvalue weighted by Gasteiger charge is 2.20. The molecule has 0 spiro atoms. The van der Waals surface area contributed by atoms with Gasteiger partial charge in [0, 0.05) is 0 Å². The largest absolute Gasteiger partial charge is 0.495 e. The normalized spacial score (nSPS) is 12.4. The first-order valence-electron chi connectivity index (χ1n) is 3.82. The first-order chi connectivity index (χ1) is 7.16. The standard InChI is InChI=1S/C7H8FNO5S2/c1-14-6-3-2-5(15(8,10)11)4-7(6)16(9,12)13/h2-4H,1H3,(H2,9,12,13). The van der Waals surface area contributed by atoms with Gasteiger partial charge in [-0.15, -0.1) is 3.89 Å². The highest BCUT2D eigenvalue weighted by atomic mass is 32.3. The Bertz CT molecular complexity index is 608. The van der Waals surface area contributed by atoms with E-state index in [-0.39, 0.29) is 5.75 Å². The third kappa shape index (κ3) is 2.68. The van der Waals surface area contributed by atoms with Crippen LogP contribution in [0.1, 0.15) is 0 Å². The molecule has 0 aliphatic carbocycles. The van der Waals surface area contributed by atoms with Crippen molar-refractivity contribution in [2.24, 2.45) is 5.14 Å². The molecule has 0 atom stereocenters. The van der Waals surface area contributed by atoms with Crippen molar-refractivity contribution in [1.29, 1.82) is 0 Å². The number of ether oxygens (including phenoxy) is 1. The zero-order valence-corrected chi connectivity index (χ0v) is 9.68. The third-order valence-electron chi connectivity index (χ3n) is 1.72. The molecular weight excluding hydrogens is 261 g/mol. The lowest BCUT2D eigenvalue weighted by molar-refractivity contribution is 0.402. The van der Waals surface area contributed by atoms with Crippen LogP contribution >= 0.6 is 0 Å². The van der Waals surface area contributed by atoms with Crippen molar-refractivity contribution in [1.82, 2.24) is 0 Å². The summed E-state index contributed by atoms with van der Waals surface area (Å²) in [6.45, 7) is 0. The lowest BCUT2D eigenvalue weighted by Gasteiger charge is -2.06. The van der Waals surface area contributed by atoms with Crippen molar-refractivity contribution in [2.45, 2.75) is 9.79 Å². The third-order valence-corrected chi connectivity index (χ3v) is 3.47. The molecule has 0 fully saturated rings.